The number of rotatable bonds is 3. The summed E-state index contributed by atoms with van der Waals surface area (Å²) >= 11 is 0. The molecule has 29 heavy (non-hydrogen) atoms. The second-order valence-electron chi connectivity index (χ2n) is 6.74. The molecule has 154 valence electrons. The zero-order chi connectivity index (χ0) is 21.1. The van der Waals surface area contributed by atoms with E-state index in [9.17, 15) is 26.0 Å². The lowest BCUT2D eigenvalue weighted by Crippen LogP contribution is -2.32. The first-order chi connectivity index (χ1) is 13.5. The third kappa shape index (κ3) is 3.08. The summed E-state index contributed by atoms with van der Waals surface area (Å²) in [5.41, 5.74) is 1.09. The van der Waals surface area contributed by atoms with Crippen molar-refractivity contribution >= 4 is 48.9 Å². The van der Waals surface area contributed by atoms with E-state index < -0.39 is 26.0 Å². The first kappa shape index (κ1) is 19.5. The molecule has 0 spiro atoms. The molecule has 2 aromatic carbocycles. The molecule has 2 aliphatic heterocycles. The van der Waals surface area contributed by atoms with Crippen molar-refractivity contribution in [3.05, 3.63) is 41.7 Å². The fourth-order valence-electron chi connectivity index (χ4n) is 3.30. The van der Waals surface area contributed by atoms with Crippen molar-refractivity contribution in [1.29, 1.82) is 0 Å². The normalized spacial score (nSPS) is 17.6. The molecule has 0 saturated carbocycles. The van der Waals surface area contributed by atoms with Gasteiger partial charge in [0.2, 0.25) is 5.91 Å². The van der Waals surface area contributed by atoms with Crippen LogP contribution in [0, 0.1) is 5.82 Å². The largest absolute Gasteiger partial charge is 0.326 e. The van der Waals surface area contributed by atoms with Gasteiger partial charge in [0.1, 0.15) is 5.82 Å². The monoisotopic (exact) mass is 440 g/mol. The van der Waals surface area contributed by atoms with E-state index in [-0.39, 0.29) is 34.3 Å². The number of hydrogen-bond acceptors (Lipinski definition) is 5. The molecule has 4 rings (SSSR count). The predicted molar refractivity (Wildman–Crippen MR) is 106 cm³/mol. The third-order valence-corrected chi connectivity index (χ3v) is 8.10. The van der Waals surface area contributed by atoms with E-state index in [0.717, 1.165) is 20.7 Å². The number of nitrogens with one attached hydrogen (secondary N) is 2. The molecule has 0 bridgehead atoms. The summed E-state index contributed by atoms with van der Waals surface area (Å²) in [6.45, 7) is 0. The van der Waals surface area contributed by atoms with E-state index in [0.29, 0.717) is 17.7 Å². The summed E-state index contributed by atoms with van der Waals surface area (Å²) in [6, 6.07) is 6.32. The fourth-order valence-corrected chi connectivity index (χ4v) is 5.56. The highest BCUT2D eigenvalue weighted by molar-refractivity contribution is 7.94. The first-order valence-electron chi connectivity index (χ1n) is 8.52. The molecule has 0 aromatic heterocycles. The standard InChI is InChI=1S/C17H17FN4O5S2/c1-21-15-8-12(18)14(9-16(15)22(2)29(21,26)27)20-28(24,25)11-4-5-13-10(7-11)3-6-17(23)19-13/h4-5,7-9,20H,3,6H2,1-2H3,(H,19,23). The summed E-state index contributed by atoms with van der Waals surface area (Å²) in [6.07, 6.45) is 0.643. The van der Waals surface area contributed by atoms with Gasteiger partial charge in [0.05, 0.1) is 22.0 Å². The van der Waals surface area contributed by atoms with Crippen LogP contribution in [0.2, 0.25) is 0 Å². The topological polar surface area (TPSA) is 116 Å². The number of amides is 1. The van der Waals surface area contributed by atoms with Crippen molar-refractivity contribution in [2.24, 2.45) is 0 Å². The van der Waals surface area contributed by atoms with Crippen molar-refractivity contribution in [3.63, 3.8) is 0 Å². The highest BCUT2D eigenvalue weighted by atomic mass is 32.2. The van der Waals surface area contributed by atoms with Crippen LogP contribution in [0.1, 0.15) is 12.0 Å². The summed E-state index contributed by atoms with van der Waals surface area (Å²) < 4.78 is 68.5. The zero-order valence-corrected chi connectivity index (χ0v) is 17.1. The fraction of sp³-hybridized carbons (Fsp3) is 0.235. The molecule has 0 fully saturated rings. The Labute approximate surface area is 167 Å². The average molecular weight is 440 g/mol. The number of sulfonamides is 1. The first-order valence-corrected chi connectivity index (χ1v) is 11.4. The Morgan fingerprint density at radius 1 is 1.07 bits per heavy atom. The maximum atomic E-state index is 14.5. The van der Waals surface area contributed by atoms with E-state index in [4.69, 9.17) is 0 Å². The molecule has 0 atom stereocenters. The van der Waals surface area contributed by atoms with Crippen LogP contribution < -0.4 is 18.6 Å². The minimum Gasteiger partial charge on any atom is -0.326 e. The summed E-state index contributed by atoms with van der Waals surface area (Å²) in [4.78, 5) is 11.3. The molecule has 0 radical (unpaired) electrons. The molecule has 9 nitrogen and oxygen atoms in total. The number of aryl methyl sites for hydroxylation is 1. The van der Waals surface area contributed by atoms with Crippen LogP contribution in [-0.4, -0.2) is 36.8 Å². The SMILES string of the molecule is CN1c2cc(F)c(NS(=O)(=O)c3ccc4c(c3)CCC(=O)N4)cc2N(C)S1(=O)=O. The second-order valence-corrected chi connectivity index (χ2v) is 10.4. The van der Waals surface area contributed by atoms with Crippen LogP contribution in [0.3, 0.4) is 0 Å². The van der Waals surface area contributed by atoms with Gasteiger partial charge in [-0.1, -0.05) is 0 Å². The van der Waals surface area contributed by atoms with Gasteiger partial charge in [-0.2, -0.15) is 8.42 Å². The number of fused-ring (bicyclic) bond motifs is 2. The number of halogens is 1. The van der Waals surface area contributed by atoms with Crippen LogP contribution in [0.25, 0.3) is 0 Å². The van der Waals surface area contributed by atoms with Crippen LogP contribution in [-0.2, 0) is 31.4 Å². The highest BCUT2D eigenvalue weighted by Gasteiger charge is 2.36. The Balaban J connectivity index is 1.70. The minimum absolute atomic E-state index is 0.0922. The third-order valence-electron chi connectivity index (χ3n) is 4.96. The van der Waals surface area contributed by atoms with Gasteiger partial charge in [-0.15, -0.1) is 0 Å². The van der Waals surface area contributed by atoms with Crippen LogP contribution >= 0.6 is 0 Å². The van der Waals surface area contributed by atoms with Gasteiger partial charge in [0.25, 0.3) is 10.0 Å². The smallest absolute Gasteiger partial charge is 0.326 e. The van der Waals surface area contributed by atoms with E-state index in [1.54, 1.807) is 0 Å². The molecular formula is C17H17FN4O5S2. The number of anilines is 4. The molecular weight excluding hydrogens is 423 g/mol. The highest BCUT2D eigenvalue weighted by Crippen LogP contribution is 2.42. The zero-order valence-electron chi connectivity index (χ0n) is 15.4. The molecule has 2 N–H and O–H groups in total. The van der Waals surface area contributed by atoms with Gasteiger partial charge in [-0.3, -0.25) is 18.1 Å². The lowest BCUT2D eigenvalue weighted by atomic mass is 10.0. The van der Waals surface area contributed by atoms with Gasteiger partial charge in [0, 0.05) is 32.3 Å². The Bertz CT molecular complexity index is 1260. The summed E-state index contributed by atoms with van der Waals surface area (Å²) in [7, 11) is -5.38. The Kier molecular flexibility index (Phi) is 4.24. The van der Waals surface area contributed by atoms with Gasteiger partial charge in [-0.25, -0.2) is 12.8 Å². The molecule has 2 aliphatic rings. The molecule has 0 saturated heterocycles. The molecule has 12 heteroatoms. The van der Waals surface area contributed by atoms with E-state index >= 15 is 0 Å². The lowest BCUT2D eigenvalue weighted by Gasteiger charge is -2.18. The quantitative estimate of drug-likeness (QED) is 0.753. The summed E-state index contributed by atoms with van der Waals surface area (Å²) in [5, 5.41) is 2.66. The number of nitrogens with zero attached hydrogens (tertiary/aromatic N) is 2. The van der Waals surface area contributed by atoms with Crippen molar-refractivity contribution in [1.82, 2.24) is 0 Å². The van der Waals surface area contributed by atoms with Gasteiger partial charge in [0.15, 0.2) is 0 Å². The van der Waals surface area contributed by atoms with Crippen molar-refractivity contribution in [3.8, 4) is 0 Å². The second kappa shape index (κ2) is 6.32. The summed E-state index contributed by atoms with van der Waals surface area (Å²) in [5.74, 6) is -1.05. The molecule has 1 amide bonds. The minimum atomic E-state index is -4.14. The van der Waals surface area contributed by atoms with Crippen molar-refractivity contribution in [2.75, 3.05) is 32.7 Å². The number of carbonyl (C=O) groups is 1. The molecule has 0 aliphatic carbocycles. The molecule has 2 heterocycles. The van der Waals surface area contributed by atoms with Gasteiger partial charge < -0.3 is 5.32 Å². The molecule has 2 aromatic rings. The Morgan fingerprint density at radius 2 is 1.72 bits per heavy atom. The number of benzene rings is 2. The van der Waals surface area contributed by atoms with E-state index in [1.165, 1.54) is 32.3 Å². The van der Waals surface area contributed by atoms with Crippen molar-refractivity contribution in [2.45, 2.75) is 17.7 Å². The molecule has 0 unspecified atom stereocenters. The van der Waals surface area contributed by atoms with Crippen LogP contribution in [0.5, 0.6) is 0 Å². The number of hydrogen-bond donors (Lipinski definition) is 2. The Morgan fingerprint density at radius 3 is 2.41 bits per heavy atom. The van der Waals surface area contributed by atoms with E-state index in [2.05, 4.69) is 10.0 Å². The van der Waals surface area contributed by atoms with Crippen LogP contribution in [0.4, 0.5) is 27.1 Å². The van der Waals surface area contributed by atoms with E-state index in [1.807, 2.05) is 0 Å². The van der Waals surface area contributed by atoms with Crippen molar-refractivity contribution < 1.29 is 26.0 Å². The Hall–Kier alpha value is -2.86. The van der Waals surface area contributed by atoms with Gasteiger partial charge in [-0.05, 0) is 36.2 Å². The van der Waals surface area contributed by atoms with Gasteiger partial charge >= 0.3 is 10.2 Å². The predicted octanol–water partition coefficient (Wildman–Crippen LogP) is 1.64. The van der Waals surface area contributed by atoms with Crippen LogP contribution in [0.15, 0.2) is 35.2 Å². The average Bonchev–Trinajstić information content (AvgIpc) is 2.82. The maximum Gasteiger partial charge on any atom is 0.326 e. The lowest BCUT2D eigenvalue weighted by molar-refractivity contribution is -0.116. The number of carbonyl (C=O) groups excluding carboxylic acids is 1. The maximum absolute atomic E-state index is 14.5.